The van der Waals surface area contributed by atoms with E-state index < -0.39 is 0 Å². The molecule has 0 aromatic heterocycles. The Morgan fingerprint density at radius 3 is 2.36 bits per heavy atom. The molecule has 0 aromatic rings. The molecule has 3 atom stereocenters. The highest BCUT2D eigenvalue weighted by atomic mass is 35.5. The van der Waals surface area contributed by atoms with Crippen molar-refractivity contribution in [1.82, 2.24) is 0 Å². The summed E-state index contributed by atoms with van der Waals surface area (Å²) in [5.74, 6) is 1.75. The van der Waals surface area contributed by atoms with Gasteiger partial charge in [0.2, 0.25) is 0 Å². The van der Waals surface area contributed by atoms with Gasteiger partial charge in [0.15, 0.2) is 0 Å². The van der Waals surface area contributed by atoms with Gasteiger partial charge in [0.25, 0.3) is 0 Å². The Morgan fingerprint density at radius 2 is 2.09 bits per heavy atom. The second kappa shape index (κ2) is 2.53. The molecule has 0 unspecified atom stereocenters. The highest BCUT2D eigenvalue weighted by molar-refractivity contribution is 6.44. The van der Waals surface area contributed by atoms with Crippen molar-refractivity contribution in [1.29, 1.82) is 0 Å². The van der Waals surface area contributed by atoms with Gasteiger partial charge in [-0.25, -0.2) is 0 Å². The maximum Gasteiger partial charge on any atom is 0.113 e. The molecule has 64 valence electrons. The fourth-order valence-corrected chi connectivity index (χ4v) is 3.45. The van der Waals surface area contributed by atoms with Gasteiger partial charge in [0.05, 0.1) is 0 Å². The van der Waals surface area contributed by atoms with Gasteiger partial charge in [-0.2, -0.15) is 0 Å². The second-order valence-electron chi connectivity index (χ2n) is 4.39. The van der Waals surface area contributed by atoms with E-state index in [0.29, 0.717) is 0 Å². The first kappa shape index (κ1) is 8.19. The van der Waals surface area contributed by atoms with Crippen LogP contribution in [0.25, 0.3) is 0 Å². The van der Waals surface area contributed by atoms with Crippen molar-refractivity contribution < 1.29 is 0 Å². The Kier molecular flexibility index (Phi) is 1.89. The predicted octanol–water partition coefficient (Wildman–Crippen LogP) is 3.62. The molecule has 0 aromatic carbocycles. The van der Waals surface area contributed by atoms with E-state index in [-0.39, 0.29) is 10.3 Å². The minimum Gasteiger partial charge on any atom is -0.105 e. The van der Waals surface area contributed by atoms with Crippen molar-refractivity contribution in [3.63, 3.8) is 0 Å². The van der Waals surface area contributed by atoms with E-state index in [0.717, 1.165) is 11.8 Å². The number of hydrogen-bond acceptors (Lipinski definition) is 0. The monoisotopic (exact) mass is 192 g/mol. The summed E-state index contributed by atoms with van der Waals surface area (Å²) < 4.78 is 0. The highest BCUT2D eigenvalue weighted by Crippen LogP contribution is 2.59. The average molecular weight is 193 g/mol. The van der Waals surface area contributed by atoms with Crippen molar-refractivity contribution >= 4 is 23.2 Å². The fourth-order valence-electron chi connectivity index (χ4n) is 2.92. The zero-order valence-corrected chi connectivity index (χ0v) is 8.33. The smallest absolute Gasteiger partial charge is 0.105 e. The number of rotatable bonds is 1. The lowest BCUT2D eigenvalue weighted by Gasteiger charge is -2.35. The van der Waals surface area contributed by atoms with E-state index in [1.54, 1.807) is 0 Å². The van der Waals surface area contributed by atoms with Gasteiger partial charge in [-0.1, -0.05) is 13.3 Å². The molecule has 11 heavy (non-hydrogen) atoms. The van der Waals surface area contributed by atoms with E-state index >= 15 is 0 Å². The zero-order chi connectivity index (χ0) is 8.06. The molecule has 0 heterocycles. The minimum absolute atomic E-state index is 0.155. The Morgan fingerprint density at radius 1 is 1.36 bits per heavy atom. The minimum atomic E-state index is -0.155. The Balaban J connectivity index is 2.16. The molecule has 0 aliphatic heterocycles. The zero-order valence-electron chi connectivity index (χ0n) is 6.82. The standard InChI is InChI=1S/C9H14Cl2/c1-9(8(10)11)5-6-2-3-7(9)4-6/h6-8H,2-5H2,1H3/t6-,7+,9+/m1/s1. The van der Waals surface area contributed by atoms with Crippen LogP contribution in [0.4, 0.5) is 0 Å². The first-order valence-corrected chi connectivity index (χ1v) is 5.28. The van der Waals surface area contributed by atoms with E-state index in [1.165, 1.54) is 25.7 Å². The van der Waals surface area contributed by atoms with Crippen LogP contribution in [-0.4, -0.2) is 4.84 Å². The van der Waals surface area contributed by atoms with Crippen LogP contribution >= 0.6 is 23.2 Å². The Labute approximate surface area is 78.3 Å². The van der Waals surface area contributed by atoms with E-state index in [2.05, 4.69) is 6.92 Å². The third kappa shape index (κ3) is 1.10. The van der Waals surface area contributed by atoms with Crippen LogP contribution in [0.1, 0.15) is 32.6 Å². The van der Waals surface area contributed by atoms with Crippen LogP contribution in [-0.2, 0) is 0 Å². The fraction of sp³-hybridized carbons (Fsp3) is 1.00. The predicted molar refractivity (Wildman–Crippen MR) is 49.0 cm³/mol. The van der Waals surface area contributed by atoms with E-state index in [4.69, 9.17) is 23.2 Å². The lowest BCUT2D eigenvalue weighted by Crippen LogP contribution is -2.30. The third-order valence-electron chi connectivity index (χ3n) is 3.70. The average Bonchev–Trinajstić information content (AvgIpc) is 2.45. The number of fused-ring (bicyclic) bond motifs is 2. The van der Waals surface area contributed by atoms with Crippen molar-refractivity contribution in [3.05, 3.63) is 0 Å². The summed E-state index contributed by atoms with van der Waals surface area (Å²) in [5.41, 5.74) is 0.242. The molecule has 0 spiro atoms. The summed E-state index contributed by atoms with van der Waals surface area (Å²) in [6, 6.07) is 0. The van der Waals surface area contributed by atoms with Crippen molar-refractivity contribution in [2.24, 2.45) is 17.3 Å². The van der Waals surface area contributed by atoms with Gasteiger partial charge in [-0.15, -0.1) is 23.2 Å². The summed E-state index contributed by atoms with van der Waals surface area (Å²) in [6.07, 6.45) is 5.42. The molecule has 0 saturated heterocycles. The maximum atomic E-state index is 5.98. The normalized spacial score (nSPS) is 49.1. The van der Waals surface area contributed by atoms with Gasteiger partial charge < -0.3 is 0 Å². The molecule has 2 aliphatic carbocycles. The van der Waals surface area contributed by atoms with Crippen molar-refractivity contribution in [3.8, 4) is 0 Å². The summed E-state index contributed by atoms with van der Waals surface area (Å²) in [7, 11) is 0. The molecular formula is C9H14Cl2. The van der Waals surface area contributed by atoms with Gasteiger partial charge in [-0.3, -0.25) is 0 Å². The van der Waals surface area contributed by atoms with Gasteiger partial charge in [0.1, 0.15) is 4.84 Å². The Bertz CT molecular complexity index is 167. The largest absolute Gasteiger partial charge is 0.113 e. The number of halogens is 2. The first-order chi connectivity index (χ1) is 5.13. The number of hydrogen-bond donors (Lipinski definition) is 0. The van der Waals surface area contributed by atoms with Crippen molar-refractivity contribution in [2.45, 2.75) is 37.4 Å². The molecule has 0 amide bonds. The molecule has 2 aliphatic rings. The van der Waals surface area contributed by atoms with Gasteiger partial charge in [-0.05, 0) is 31.1 Å². The molecule has 2 heteroatoms. The molecule has 2 fully saturated rings. The molecule has 0 N–H and O–H groups in total. The van der Waals surface area contributed by atoms with Crippen LogP contribution < -0.4 is 0 Å². The van der Waals surface area contributed by atoms with Crippen LogP contribution in [0.15, 0.2) is 0 Å². The molecule has 0 radical (unpaired) electrons. The maximum absolute atomic E-state index is 5.98. The summed E-state index contributed by atoms with van der Waals surface area (Å²) in [6.45, 7) is 2.25. The summed E-state index contributed by atoms with van der Waals surface area (Å²) >= 11 is 12.0. The quantitative estimate of drug-likeness (QED) is 0.558. The number of alkyl halides is 2. The van der Waals surface area contributed by atoms with Crippen molar-refractivity contribution in [2.75, 3.05) is 0 Å². The second-order valence-corrected chi connectivity index (χ2v) is 5.48. The van der Waals surface area contributed by atoms with E-state index in [9.17, 15) is 0 Å². The van der Waals surface area contributed by atoms with Gasteiger partial charge in [0, 0.05) is 5.41 Å². The SMILES string of the molecule is C[C@]1(C(Cl)Cl)C[C@@H]2CC[C@H]1C2. The molecular weight excluding hydrogens is 179 g/mol. The molecule has 2 bridgehead atoms. The van der Waals surface area contributed by atoms with Crippen LogP contribution in [0.3, 0.4) is 0 Å². The van der Waals surface area contributed by atoms with Crippen LogP contribution in [0, 0.1) is 17.3 Å². The lowest BCUT2D eigenvalue weighted by atomic mass is 9.76. The molecule has 0 nitrogen and oxygen atoms in total. The third-order valence-corrected chi connectivity index (χ3v) is 4.70. The summed E-state index contributed by atoms with van der Waals surface area (Å²) in [4.78, 5) is -0.155. The molecule has 2 saturated carbocycles. The highest BCUT2D eigenvalue weighted by Gasteiger charge is 2.50. The van der Waals surface area contributed by atoms with Crippen LogP contribution in [0.2, 0.25) is 0 Å². The first-order valence-electron chi connectivity index (χ1n) is 4.41. The lowest BCUT2D eigenvalue weighted by molar-refractivity contribution is 0.208. The van der Waals surface area contributed by atoms with E-state index in [1.807, 2.05) is 0 Å². The summed E-state index contributed by atoms with van der Waals surface area (Å²) in [5, 5.41) is 0. The topological polar surface area (TPSA) is 0 Å². The van der Waals surface area contributed by atoms with Gasteiger partial charge >= 0.3 is 0 Å². The molecule has 2 rings (SSSR count). The van der Waals surface area contributed by atoms with Crippen LogP contribution in [0.5, 0.6) is 0 Å². The Hall–Kier alpha value is 0.580.